The molecule has 0 radical (unpaired) electrons. The molecule has 1 aliphatic carbocycles. The number of aliphatic imine (C=N–C) groups is 2. The highest BCUT2D eigenvalue weighted by Crippen LogP contribution is 2.57. The zero-order chi connectivity index (χ0) is 42.0. The molecule has 0 amide bonds. The first-order valence-electron chi connectivity index (χ1n) is 21.4. The predicted molar refractivity (Wildman–Crippen MR) is 259 cm³/mol. The maximum atomic E-state index is 5.30. The van der Waals surface area contributed by atoms with Gasteiger partial charge in [0.1, 0.15) is 11.7 Å². The summed E-state index contributed by atoms with van der Waals surface area (Å²) < 4.78 is 2.14. The third kappa shape index (κ3) is 9.22. The minimum Gasteiger partial charge on any atom is -0.324 e. The van der Waals surface area contributed by atoms with Crippen molar-refractivity contribution in [2.24, 2.45) is 15.4 Å². The first-order valence-corrected chi connectivity index (χ1v) is 23.0. The lowest BCUT2D eigenvalue weighted by Gasteiger charge is -2.34. The average molecular weight is 910 g/mol. The molecule has 0 bridgehead atoms. The Balaban J connectivity index is 1.34. The highest BCUT2D eigenvalue weighted by atomic mass is 79.9. The number of hydrogen-bond acceptors (Lipinski definition) is 3. The maximum absolute atomic E-state index is 5.30. The van der Waals surface area contributed by atoms with Gasteiger partial charge in [-0.3, -0.25) is 0 Å². The van der Waals surface area contributed by atoms with Crippen molar-refractivity contribution in [3.63, 3.8) is 0 Å². The SMILES string of the molecule is C/C=C(\C=C/CC(C)(C)C)C1=NC(c2ccc(C3(c4ccc(CCCCCC)cc4)c4cc(Br)ccc4-c4ccc(Br)cc43)cc2)N=C(c2ccc(C(C)(C)C)cc2)N1. The Morgan fingerprint density at radius 3 is 1.85 bits per heavy atom. The van der Waals surface area contributed by atoms with Crippen molar-refractivity contribution in [2.45, 2.75) is 111 Å². The van der Waals surface area contributed by atoms with E-state index in [1.807, 2.05) is 0 Å². The van der Waals surface area contributed by atoms with Gasteiger partial charge >= 0.3 is 0 Å². The molecule has 3 nitrogen and oxygen atoms in total. The lowest BCUT2D eigenvalue weighted by atomic mass is 9.67. The van der Waals surface area contributed by atoms with E-state index < -0.39 is 11.6 Å². The standard InChI is InChI=1S/C54H59Br2N3/c1-9-11-12-13-15-36-17-23-41(24-18-36)54(47-34-43(55)29-31-45(47)46-32-30-44(56)35-48(46)54)42-27-21-39(22-28-42)51-58-49(37(10-2)16-14-33-52(3,4)5)57-50(59-51)38-19-25-40(26-20-38)53(6,7)8/h10,14,16-32,34-35,51H,9,11-13,15,33H2,1-8H3,(H,57,58,59)/b16-14-,37-10+. The number of allylic oxidation sites excluding steroid dienone is 2. The number of rotatable bonds is 12. The average Bonchev–Trinajstić information content (AvgIpc) is 3.49. The molecule has 1 atom stereocenters. The molecule has 0 saturated carbocycles. The van der Waals surface area contributed by atoms with Crippen LogP contribution in [-0.2, 0) is 17.3 Å². The monoisotopic (exact) mass is 907 g/mol. The molecule has 5 aromatic carbocycles. The minimum absolute atomic E-state index is 0.0629. The van der Waals surface area contributed by atoms with E-state index in [2.05, 4.69) is 220 Å². The molecule has 304 valence electrons. The fourth-order valence-corrected chi connectivity index (χ4v) is 9.23. The summed E-state index contributed by atoms with van der Waals surface area (Å²) in [6.07, 6.45) is 13.3. The van der Waals surface area contributed by atoms with E-state index in [1.54, 1.807) is 0 Å². The van der Waals surface area contributed by atoms with Gasteiger partial charge < -0.3 is 5.32 Å². The molecule has 1 aliphatic heterocycles. The molecular weight excluding hydrogens is 850 g/mol. The fraction of sp³-hybridized carbons (Fsp3) is 0.333. The normalized spacial score (nSPS) is 16.4. The summed E-state index contributed by atoms with van der Waals surface area (Å²) in [5.41, 5.74) is 13.1. The van der Waals surface area contributed by atoms with Gasteiger partial charge in [0.2, 0.25) is 0 Å². The Morgan fingerprint density at radius 1 is 0.712 bits per heavy atom. The van der Waals surface area contributed by atoms with E-state index in [-0.39, 0.29) is 10.8 Å². The molecule has 0 spiro atoms. The van der Waals surface area contributed by atoms with Crippen LogP contribution in [0.15, 0.2) is 152 Å². The number of amidine groups is 2. The van der Waals surface area contributed by atoms with E-state index in [0.29, 0.717) is 0 Å². The van der Waals surface area contributed by atoms with Crippen LogP contribution in [0.2, 0.25) is 0 Å². The third-order valence-electron chi connectivity index (χ3n) is 11.8. The van der Waals surface area contributed by atoms with Crippen molar-refractivity contribution in [3.8, 4) is 11.1 Å². The van der Waals surface area contributed by atoms with Crippen LogP contribution in [0, 0.1) is 5.41 Å². The Kier molecular flexibility index (Phi) is 12.9. The second kappa shape index (κ2) is 17.7. The van der Waals surface area contributed by atoms with E-state index in [9.17, 15) is 0 Å². The van der Waals surface area contributed by atoms with Gasteiger partial charge in [0.05, 0.1) is 5.41 Å². The summed E-state index contributed by atoms with van der Waals surface area (Å²) in [4.78, 5) is 10.6. The van der Waals surface area contributed by atoms with Gasteiger partial charge in [0, 0.05) is 20.1 Å². The van der Waals surface area contributed by atoms with Crippen molar-refractivity contribution in [1.29, 1.82) is 0 Å². The number of aryl methyl sites for hydroxylation is 1. The molecular formula is C54H59Br2N3. The Hall–Kier alpha value is -4.32. The second-order valence-corrected chi connectivity index (χ2v) is 20.3. The van der Waals surface area contributed by atoms with Crippen LogP contribution < -0.4 is 5.32 Å². The number of unbranched alkanes of at least 4 members (excludes halogenated alkanes) is 3. The van der Waals surface area contributed by atoms with Gasteiger partial charge in [0.25, 0.3) is 0 Å². The second-order valence-electron chi connectivity index (χ2n) is 18.5. The first-order chi connectivity index (χ1) is 28.2. The Labute approximate surface area is 370 Å². The molecule has 1 heterocycles. The smallest absolute Gasteiger partial charge is 0.169 e. The van der Waals surface area contributed by atoms with Crippen molar-refractivity contribution in [2.75, 3.05) is 0 Å². The molecule has 0 aromatic heterocycles. The van der Waals surface area contributed by atoms with Gasteiger partial charge in [-0.25, -0.2) is 9.98 Å². The summed E-state index contributed by atoms with van der Waals surface area (Å²) in [5.74, 6) is 1.66. The Morgan fingerprint density at radius 2 is 1.31 bits per heavy atom. The van der Waals surface area contributed by atoms with Crippen LogP contribution in [0.25, 0.3) is 11.1 Å². The highest BCUT2D eigenvalue weighted by Gasteiger charge is 2.46. The zero-order valence-electron chi connectivity index (χ0n) is 36.1. The lowest BCUT2D eigenvalue weighted by Crippen LogP contribution is -2.36. The van der Waals surface area contributed by atoms with Gasteiger partial charge in [-0.1, -0.05) is 203 Å². The van der Waals surface area contributed by atoms with Gasteiger partial charge in [-0.15, -0.1) is 0 Å². The van der Waals surface area contributed by atoms with E-state index in [4.69, 9.17) is 9.98 Å². The number of fused-ring (bicyclic) bond motifs is 3. The number of nitrogens with one attached hydrogen (secondary N) is 1. The molecule has 2 aliphatic rings. The third-order valence-corrected chi connectivity index (χ3v) is 12.8. The number of halogens is 2. The van der Waals surface area contributed by atoms with Gasteiger partial charge in [-0.05, 0) is 111 Å². The largest absolute Gasteiger partial charge is 0.324 e. The molecule has 5 aromatic rings. The van der Waals surface area contributed by atoms with Crippen molar-refractivity contribution in [3.05, 3.63) is 186 Å². The first kappa shape index (κ1) is 42.8. The van der Waals surface area contributed by atoms with Gasteiger partial charge in [-0.2, -0.15) is 0 Å². The van der Waals surface area contributed by atoms with Crippen molar-refractivity contribution < 1.29 is 0 Å². The maximum Gasteiger partial charge on any atom is 0.169 e. The van der Waals surface area contributed by atoms with Gasteiger partial charge in [0.15, 0.2) is 6.17 Å². The summed E-state index contributed by atoms with van der Waals surface area (Å²) in [6, 6.07) is 40.9. The molecule has 0 saturated heterocycles. The zero-order valence-corrected chi connectivity index (χ0v) is 39.3. The molecule has 7 rings (SSSR count). The minimum atomic E-state index is -0.529. The number of nitrogens with zero attached hydrogens (tertiary/aromatic N) is 2. The predicted octanol–water partition coefficient (Wildman–Crippen LogP) is 15.4. The molecule has 0 fully saturated rings. The summed E-state index contributed by atoms with van der Waals surface area (Å²) in [5, 5.41) is 3.64. The van der Waals surface area contributed by atoms with Crippen LogP contribution in [0.3, 0.4) is 0 Å². The number of benzene rings is 5. The Bertz CT molecular complexity index is 2350. The lowest BCUT2D eigenvalue weighted by molar-refractivity contribution is 0.420. The fourth-order valence-electron chi connectivity index (χ4n) is 8.51. The van der Waals surface area contributed by atoms with Crippen molar-refractivity contribution in [1.82, 2.24) is 5.32 Å². The van der Waals surface area contributed by atoms with Crippen LogP contribution in [0.1, 0.15) is 138 Å². The van der Waals surface area contributed by atoms with Crippen LogP contribution in [-0.4, -0.2) is 11.7 Å². The van der Waals surface area contributed by atoms with E-state index in [1.165, 1.54) is 70.2 Å². The number of hydrogen-bond donors (Lipinski definition) is 1. The quantitative estimate of drug-likeness (QED) is 0.0964. The van der Waals surface area contributed by atoms with Crippen LogP contribution in [0.4, 0.5) is 0 Å². The van der Waals surface area contributed by atoms with Crippen LogP contribution in [0.5, 0.6) is 0 Å². The van der Waals surface area contributed by atoms with E-state index in [0.717, 1.165) is 50.2 Å². The molecule has 5 heteroatoms. The summed E-state index contributed by atoms with van der Waals surface area (Å²) >= 11 is 7.74. The molecule has 59 heavy (non-hydrogen) atoms. The molecule has 1 N–H and O–H groups in total. The highest BCUT2D eigenvalue weighted by molar-refractivity contribution is 9.10. The topological polar surface area (TPSA) is 36.8 Å². The molecule has 1 unspecified atom stereocenters. The summed E-state index contributed by atoms with van der Waals surface area (Å²) in [7, 11) is 0. The summed E-state index contributed by atoms with van der Waals surface area (Å²) in [6.45, 7) is 17.9. The van der Waals surface area contributed by atoms with Crippen LogP contribution >= 0.6 is 31.9 Å². The van der Waals surface area contributed by atoms with Crippen molar-refractivity contribution >= 4 is 43.5 Å². The van der Waals surface area contributed by atoms with E-state index >= 15 is 0 Å².